The molecule has 4 rings (SSSR count). The minimum atomic E-state index is 0.297. The molecule has 27 heavy (non-hydrogen) atoms. The van der Waals surface area contributed by atoms with Gasteiger partial charge in [-0.2, -0.15) is 5.10 Å². The summed E-state index contributed by atoms with van der Waals surface area (Å²) in [5.74, 6) is 0. The summed E-state index contributed by atoms with van der Waals surface area (Å²) in [5, 5.41) is 4.30. The molecule has 140 valence electrons. The van der Waals surface area contributed by atoms with Crippen LogP contribution < -0.4 is 0 Å². The average molecular weight is 362 g/mol. The van der Waals surface area contributed by atoms with Gasteiger partial charge in [0.2, 0.25) is 0 Å². The highest BCUT2D eigenvalue weighted by Crippen LogP contribution is 2.18. The van der Waals surface area contributed by atoms with E-state index in [4.69, 9.17) is 4.74 Å². The fourth-order valence-corrected chi connectivity index (χ4v) is 3.66. The van der Waals surface area contributed by atoms with E-state index < -0.39 is 0 Å². The third-order valence-corrected chi connectivity index (χ3v) is 4.97. The van der Waals surface area contributed by atoms with E-state index >= 15 is 0 Å². The van der Waals surface area contributed by atoms with Crippen molar-refractivity contribution >= 4 is 0 Å². The third-order valence-electron chi connectivity index (χ3n) is 4.97. The van der Waals surface area contributed by atoms with Gasteiger partial charge in [0.1, 0.15) is 0 Å². The van der Waals surface area contributed by atoms with Gasteiger partial charge in [-0.3, -0.25) is 14.6 Å². The first-order chi connectivity index (χ1) is 13.3. The SMILES string of the molecule is c1cncc(CO[C@@H]2CCCN(Cc3cccc(Cn4cccn4)c3)C2)c1. The second kappa shape index (κ2) is 8.93. The molecule has 3 heterocycles. The van der Waals surface area contributed by atoms with Crippen molar-refractivity contribution in [2.75, 3.05) is 13.1 Å². The van der Waals surface area contributed by atoms with Crippen LogP contribution in [0.5, 0.6) is 0 Å². The first-order valence-electron chi connectivity index (χ1n) is 9.63. The predicted molar refractivity (Wildman–Crippen MR) is 105 cm³/mol. The number of likely N-dealkylation sites (tertiary alicyclic amines) is 1. The molecule has 0 amide bonds. The summed E-state index contributed by atoms with van der Waals surface area (Å²) in [4.78, 5) is 6.66. The molecule has 5 heteroatoms. The smallest absolute Gasteiger partial charge is 0.0736 e. The topological polar surface area (TPSA) is 43.2 Å². The van der Waals surface area contributed by atoms with Crippen molar-refractivity contribution in [3.8, 4) is 0 Å². The molecule has 0 saturated carbocycles. The number of piperidine rings is 1. The normalized spacial score (nSPS) is 17.9. The van der Waals surface area contributed by atoms with Crippen molar-refractivity contribution in [3.05, 3.63) is 83.9 Å². The monoisotopic (exact) mass is 362 g/mol. The van der Waals surface area contributed by atoms with E-state index in [-0.39, 0.29) is 0 Å². The van der Waals surface area contributed by atoms with Crippen LogP contribution in [0.3, 0.4) is 0 Å². The molecule has 1 atom stereocenters. The Morgan fingerprint density at radius 1 is 1.00 bits per heavy atom. The minimum Gasteiger partial charge on any atom is -0.372 e. The standard InChI is InChI=1S/C22H26N4O/c1-5-19(13-20(6-1)16-26-12-4-10-24-26)15-25-11-3-8-22(17-25)27-18-21-7-2-9-23-14-21/h1-2,4-7,9-10,12-14,22H,3,8,11,15-18H2/t22-/m1/s1. The summed E-state index contributed by atoms with van der Waals surface area (Å²) in [6.45, 7) is 4.56. The second-order valence-corrected chi connectivity index (χ2v) is 7.20. The first kappa shape index (κ1) is 17.9. The summed E-state index contributed by atoms with van der Waals surface area (Å²) in [5.41, 5.74) is 3.78. The number of nitrogens with zero attached hydrogens (tertiary/aromatic N) is 4. The van der Waals surface area contributed by atoms with Crippen molar-refractivity contribution in [1.29, 1.82) is 0 Å². The van der Waals surface area contributed by atoms with Crippen LogP contribution >= 0.6 is 0 Å². The number of hydrogen-bond acceptors (Lipinski definition) is 4. The molecule has 0 aliphatic carbocycles. The Balaban J connectivity index is 1.31. The summed E-state index contributed by atoms with van der Waals surface area (Å²) in [6.07, 6.45) is 10.1. The van der Waals surface area contributed by atoms with E-state index in [2.05, 4.69) is 45.3 Å². The van der Waals surface area contributed by atoms with E-state index in [1.54, 1.807) is 6.20 Å². The number of rotatable bonds is 7. The number of benzene rings is 1. The highest BCUT2D eigenvalue weighted by atomic mass is 16.5. The van der Waals surface area contributed by atoms with Gasteiger partial charge in [0, 0.05) is 37.9 Å². The van der Waals surface area contributed by atoms with E-state index in [1.165, 1.54) is 17.5 Å². The lowest BCUT2D eigenvalue weighted by molar-refractivity contribution is -0.0121. The van der Waals surface area contributed by atoms with Gasteiger partial charge < -0.3 is 4.74 Å². The fraction of sp³-hybridized carbons (Fsp3) is 0.364. The molecule has 0 bridgehead atoms. The molecule has 1 aromatic carbocycles. The Labute approximate surface area is 160 Å². The van der Waals surface area contributed by atoms with Crippen LogP contribution in [0.4, 0.5) is 0 Å². The maximum atomic E-state index is 6.14. The highest BCUT2D eigenvalue weighted by molar-refractivity contribution is 5.23. The van der Waals surface area contributed by atoms with Crippen molar-refractivity contribution in [3.63, 3.8) is 0 Å². The molecule has 0 unspecified atom stereocenters. The number of hydrogen-bond donors (Lipinski definition) is 0. The van der Waals surface area contributed by atoms with E-state index in [0.717, 1.165) is 38.2 Å². The van der Waals surface area contributed by atoms with Crippen LogP contribution in [0, 0.1) is 0 Å². The van der Waals surface area contributed by atoms with Gasteiger partial charge in [0.15, 0.2) is 0 Å². The summed E-state index contributed by atoms with van der Waals surface area (Å²) < 4.78 is 8.10. The molecule has 1 aliphatic heterocycles. The molecular weight excluding hydrogens is 336 g/mol. The predicted octanol–water partition coefficient (Wildman–Crippen LogP) is 3.51. The van der Waals surface area contributed by atoms with Crippen molar-refractivity contribution in [2.45, 2.75) is 38.6 Å². The quantitative estimate of drug-likeness (QED) is 0.645. The molecule has 3 aromatic rings. The summed E-state index contributed by atoms with van der Waals surface area (Å²) in [7, 11) is 0. The van der Waals surface area contributed by atoms with Crippen LogP contribution in [-0.2, 0) is 24.4 Å². The molecule has 1 aliphatic rings. The van der Waals surface area contributed by atoms with Gasteiger partial charge >= 0.3 is 0 Å². The lowest BCUT2D eigenvalue weighted by Gasteiger charge is -2.32. The molecule has 1 saturated heterocycles. The van der Waals surface area contributed by atoms with E-state index in [9.17, 15) is 0 Å². The maximum Gasteiger partial charge on any atom is 0.0736 e. The van der Waals surface area contributed by atoms with Crippen LogP contribution in [0.1, 0.15) is 29.5 Å². The minimum absolute atomic E-state index is 0.297. The lowest BCUT2D eigenvalue weighted by atomic mass is 10.1. The van der Waals surface area contributed by atoms with Gasteiger partial charge in [-0.15, -0.1) is 0 Å². The first-order valence-corrected chi connectivity index (χ1v) is 9.63. The zero-order valence-corrected chi connectivity index (χ0v) is 15.6. The van der Waals surface area contributed by atoms with E-state index in [1.807, 2.05) is 35.4 Å². The summed E-state index contributed by atoms with van der Waals surface area (Å²) >= 11 is 0. The molecule has 0 spiro atoms. The fourth-order valence-electron chi connectivity index (χ4n) is 3.66. The highest BCUT2D eigenvalue weighted by Gasteiger charge is 2.20. The molecule has 0 radical (unpaired) electrons. The number of aromatic nitrogens is 3. The van der Waals surface area contributed by atoms with Gasteiger partial charge in [-0.25, -0.2) is 0 Å². The summed E-state index contributed by atoms with van der Waals surface area (Å²) in [6, 6.07) is 14.8. The van der Waals surface area contributed by atoms with Crippen LogP contribution in [0.15, 0.2) is 67.3 Å². The Bertz CT molecular complexity index is 819. The van der Waals surface area contributed by atoms with Gasteiger partial charge in [-0.05, 0) is 48.2 Å². The van der Waals surface area contributed by atoms with Crippen LogP contribution in [-0.4, -0.2) is 38.9 Å². The third kappa shape index (κ3) is 5.25. The van der Waals surface area contributed by atoms with Gasteiger partial charge in [0.25, 0.3) is 0 Å². The van der Waals surface area contributed by atoms with Crippen molar-refractivity contribution in [2.24, 2.45) is 0 Å². The van der Waals surface area contributed by atoms with Crippen molar-refractivity contribution in [1.82, 2.24) is 19.7 Å². The molecule has 0 N–H and O–H groups in total. The van der Waals surface area contributed by atoms with E-state index in [0.29, 0.717) is 12.7 Å². The molecule has 5 nitrogen and oxygen atoms in total. The maximum absolute atomic E-state index is 6.14. The largest absolute Gasteiger partial charge is 0.372 e. The Hall–Kier alpha value is -2.50. The van der Waals surface area contributed by atoms with Crippen LogP contribution in [0.2, 0.25) is 0 Å². The zero-order chi connectivity index (χ0) is 18.3. The number of pyridine rings is 1. The lowest BCUT2D eigenvalue weighted by Crippen LogP contribution is -2.39. The molecular formula is C22H26N4O. The van der Waals surface area contributed by atoms with Crippen molar-refractivity contribution < 1.29 is 4.74 Å². The number of ether oxygens (including phenoxy) is 1. The molecule has 1 fully saturated rings. The Morgan fingerprint density at radius 3 is 2.70 bits per heavy atom. The van der Waals surface area contributed by atoms with Gasteiger partial charge in [0.05, 0.1) is 19.3 Å². The average Bonchev–Trinajstić information content (AvgIpc) is 3.21. The Kier molecular flexibility index (Phi) is 5.92. The zero-order valence-electron chi connectivity index (χ0n) is 15.6. The van der Waals surface area contributed by atoms with Gasteiger partial charge in [-0.1, -0.05) is 30.3 Å². The molecule has 2 aromatic heterocycles. The second-order valence-electron chi connectivity index (χ2n) is 7.20. The van der Waals surface area contributed by atoms with Crippen LogP contribution in [0.25, 0.3) is 0 Å². The Morgan fingerprint density at radius 2 is 1.89 bits per heavy atom.